The van der Waals surface area contributed by atoms with E-state index in [9.17, 15) is 4.79 Å². The summed E-state index contributed by atoms with van der Waals surface area (Å²) in [5.74, 6) is -0.343. The summed E-state index contributed by atoms with van der Waals surface area (Å²) in [4.78, 5) is 15.7. The van der Waals surface area contributed by atoms with Gasteiger partial charge in [-0.2, -0.15) is 5.11 Å². The van der Waals surface area contributed by atoms with Crippen molar-refractivity contribution in [2.75, 3.05) is 6.61 Å². The van der Waals surface area contributed by atoms with Crippen LogP contribution in [0.2, 0.25) is 0 Å². The van der Waals surface area contributed by atoms with Crippen molar-refractivity contribution < 1.29 is 9.53 Å². The van der Waals surface area contributed by atoms with Gasteiger partial charge in [0.2, 0.25) is 0 Å². The molecule has 0 aliphatic heterocycles. The molecule has 3 aromatic carbocycles. The number of hydrogen-bond acceptors (Lipinski definition) is 5. The Morgan fingerprint density at radius 3 is 2.20 bits per heavy atom. The van der Waals surface area contributed by atoms with Crippen LogP contribution in [0.1, 0.15) is 17.3 Å². The van der Waals surface area contributed by atoms with Gasteiger partial charge in [-0.1, -0.05) is 24.3 Å². The van der Waals surface area contributed by atoms with Gasteiger partial charge in [0.15, 0.2) is 0 Å². The second-order valence-electron chi connectivity index (χ2n) is 5.27. The summed E-state index contributed by atoms with van der Waals surface area (Å²) in [5.41, 5.74) is 2.71. The minimum absolute atomic E-state index is 0.343. The Morgan fingerprint density at radius 2 is 1.56 bits per heavy atom. The number of hydrogen-bond donors (Lipinski definition) is 0. The fourth-order valence-corrected chi connectivity index (χ4v) is 2.48. The van der Waals surface area contributed by atoms with Crippen molar-refractivity contribution in [1.82, 2.24) is 0 Å². The van der Waals surface area contributed by atoms with Gasteiger partial charge in [-0.3, -0.25) is 4.99 Å². The molecule has 5 nitrogen and oxygen atoms in total. The molecule has 0 spiro atoms. The number of azo groups is 1. The van der Waals surface area contributed by atoms with Gasteiger partial charge < -0.3 is 4.74 Å². The molecule has 0 unspecified atom stereocenters. The zero-order chi connectivity index (χ0) is 17.6. The summed E-state index contributed by atoms with van der Waals surface area (Å²) < 4.78 is 4.96. The van der Waals surface area contributed by atoms with Gasteiger partial charge in [0.1, 0.15) is 0 Å². The molecule has 0 N–H and O–H groups in total. The molecule has 124 valence electrons. The van der Waals surface area contributed by atoms with Gasteiger partial charge in [0.05, 0.1) is 29.2 Å². The van der Waals surface area contributed by atoms with Gasteiger partial charge in [-0.15, -0.1) is 5.11 Å². The molecule has 0 saturated heterocycles. The van der Waals surface area contributed by atoms with Gasteiger partial charge in [-0.05, 0) is 50.0 Å². The first-order valence-corrected chi connectivity index (χ1v) is 7.90. The van der Waals surface area contributed by atoms with Crippen LogP contribution < -0.4 is 0 Å². The summed E-state index contributed by atoms with van der Waals surface area (Å²) in [6.45, 7) is 5.72. The van der Waals surface area contributed by atoms with E-state index in [4.69, 9.17) is 4.74 Å². The Kier molecular flexibility index (Phi) is 4.95. The van der Waals surface area contributed by atoms with E-state index in [1.54, 1.807) is 31.2 Å². The van der Waals surface area contributed by atoms with Crippen molar-refractivity contribution in [3.05, 3.63) is 66.2 Å². The number of carbonyl (C=O) groups is 1. The lowest BCUT2D eigenvalue weighted by molar-refractivity contribution is 0.0526. The van der Waals surface area contributed by atoms with E-state index in [1.165, 1.54) is 0 Å². The summed E-state index contributed by atoms with van der Waals surface area (Å²) in [7, 11) is 0. The molecule has 0 aromatic heterocycles. The van der Waals surface area contributed by atoms with Crippen molar-refractivity contribution in [2.45, 2.75) is 6.92 Å². The molecule has 0 amide bonds. The number of fused-ring (bicyclic) bond motifs is 1. The fraction of sp³-hybridized carbons (Fsp3) is 0.100. The van der Waals surface area contributed by atoms with Crippen molar-refractivity contribution in [1.29, 1.82) is 0 Å². The van der Waals surface area contributed by atoms with Crippen LogP contribution in [-0.2, 0) is 4.74 Å². The summed E-state index contributed by atoms with van der Waals surface area (Å²) in [6, 6.07) is 18.4. The Labute approximate surface area is 145 Å². The van der Waals surface area contributed by atoms with Crippen LogP contribution in [0.4, 0.5) is 17.1 Å². The third kappa shape index (κ3) is 3.61. The first-order chi connectivity index (χ1) is 12.2. The average Bonchev–Trinajstić information content (AvgIpc) is 2.66. The SMILES string of the molecule is C=Nc1ccc(N=Nc2ccc(C(=O)OCC)cc2)c2ccccc12. The number of carbonyl (C=O) groups excluding carboxylic acids is 1. The molecule has 0 aliphatic carbocycles. The lowest BCUT2D eigenvalue weighted by Gasteiger charge is -2.04. The highest BCUT2D eigenvalue weighted by atomic mass is 16.5. The molecule has 5 heteroatoms. The first kappa shape index (κ1) is 16.5. The third-order valence-corrected chi connectivity index (χ3v) is 3.70. The zero-order valence-corrected chi connectivity index (χ0v) is 13.8. The van der Waals surface area contributed by atoms with Crippen LogP contribution in [0.15, 0.2) is 75.9 Å². The highest BCUT2D eigenvalue weighted by molar-refractivity contribution is 6.00. The van der Waals surface area contributed by atoms with E-state index in [0.29, 0.717) is 17.9 Å². The molecule has 0 saturated carbocycles. The molecule has 0 heterocycles. The maximum atomic E-state index is 11.7. The van der Waals surface area contributed by atoms with Crippen molar-refractivity contribution in [3.8, 4) is 0 Å². The summed E-state index contributed by atoms with van der Waals surface area (Å²) >= 11 is 0. The molecule has 3 rings (SSSR count). The summed E-state index contributed by atoms with van der Waals surface area (Å²) in [6.07, 6.45) is 0. The van der Waals surface area contributed by atoms with Gasteiger partial charge in [0, 0.05) is 10.8 Å². The minimum atomic E-state index is -0.343. The number of rotatable bonds is 5. The number of benzene rings is 3. The van der Waals surface area contributed by atoms with Crippen molar-refractivity contribution >= 4 is 40.5 Å². The van der Waals surface area contributed by atoms with E-state index in [1.807, 2.05) is 36.4 Å². The number of aliphatic imine (C=N–C) groups is 1. The van der Waals surface area contributed by atoms with E-state index in [0.717, 1.165) is 22.1 Å². The van der Waals surface area contributed by atoms with Crippen LogP contribution in [-0.4, -0.2) is 19.3 Å². The van der Waals surface area contributed by atoms with Crippen LogP contribution in [0.3, 0.4) is 0 Å². The van der Waals surface area contributed by atoms with Gasteiger partial charge in [-0.25, -0.2) is 4.79 Å². The maximum Gasteiger partial charge on any atom is 0.338 e. The van der Waals surface area contributed by atoms with Crippen molar-refractivity contribution in [3.63, 3.8) is 0 Å². The van der Waals surface area contributed by atoms with Gasteiger partial charge in [0.25, 0.3) is 0 Å². The van der Waals surface area contributed by atoms with E-state index < -0.39 is 0 Å². The number of ether oxygens (including phenoxy) is 1. The lowest BCUT2D eigenvalue weighted by Crippen LogP contribution is -2.03. The van der Waals surface area contributed by atoms with Crippen LogP contribution >= 0.6 is 0 Å². The smallest absolute Gasteiger partial charge is 0.338 e. The topological polar surface area (TPSA) is 63.4 Å². The highest BCUT2D eigenvalue weighted by Gasteiger charge is 2.06. The molecule has 0 bridgehead atoms. The molecular weight excluding hydrogens is 314 g/mol. The standard InChI is InChI=1S/C20H17N3O2/c1-3-25-20(24)14-8-10-15(11-9-14)22-23-19-13-12-18(21-2)16-6-4-5-7-17(16)19/h4-13H,2-3H2,1H3. The maximum absolute atomic E-state index is 11.7. The Bertz CT molecular complexity index is 947. The first-order valence-electron chi connectivity index (χ1n) is 7.90. The fourth-order valence-electron chi connectivity index (χ4n) is 2.48. The molecule has 25 heavy (non-hydrogen) atoms. The predicted octanol–water partition coefficient (Wildman–Crippen LogP) is 5.76. The predicted molar refractivity (Wildman–Crippen MR) is 99.7 cm³/mol. The number of nitrogens with zero attached hydrogens (tertiary/aromatic N) is 3. The van der Waals surface area contributed by atoms with E-state index >= 15 is 0 Å². The molecule has 3 aromatic rings. The molecular formula is C20H17N3O2. The van der Waals surface area contributed by atoms with Crippen molar-refractivity contribution in [2.24, 2.45) is 15.2 Å². The Morgan fingerprint density at radius 1 is 0.920 bits per heavy atom. The Balaban J connectivity index is 1.89. The third-order valence-electron chi connectivity index (χ3n) is 3.70. The largest absolute Gasteiger partial charge is 0.462 e. The Hall–Kier alpha value is -3.34. The average molecular weight is 331 g/mol. The number of esters is 1. The van der Waals surface area contributed by atoms with Crippen LogP contribution in [0, 0.1) is 0 Å². The van der Waals surface area contributed by atoms with E-state index in [2.05, 4.69) is 21.9 Å². The minimum Gasteiger partial charge on any atom is -0.462 e. The zero-order valence-electron chi connectivity index (χ0n) is 13.8. The molecule has 0 fully saturated rings. The monoisotopic (exact) mass is 331 g/mol. The van der Waals surface area contributed by atoms with Crippen LogP contribution in [0.25, 0.3) is 10.8 Å². The van der Waals surface area contributed by atoms with Crippen LogP contribution in [0.5, 0.6) is 0 Å². The quantitative estimate of drug-likeness (QED) is 0.339. The van der Waals surface area contributed by atoms with E-state index in [-0.39, 0.29) is 5.97 Å². The summed E-state index contributed by atoms with van der Waals surface area (Å²) in [5, 5.41) is 10.5. The molecule has 0 aliphatic rings. The second kappa shape index (κ2) is 7.49. The molecule has 0 atom stereocenters. The normalized spacial score (nSPS) is 10.9. The highest BCUT2D eigenvalue weighted by Crippen LogP contribution is 2.33. The molecule has 0 radical (unpaired) electrons. The second-order valence-corrected chi connectivity index (χ2v) is 5.27. The van der Waals surface area contributed by atoms with Gasteiger partial charge >= 0.3 is 5.97 Å². The lowest BCUT2D eigenvalue weighted by atomic mass is 10.1.